The lowest BCUT2D eigenvalue weighted by atomic mass is 10.1. The van der Waals surface area contributed by atoms with Crippen molar-refractivity contribution >= 4 is 17.4 Å². The van der Waals surface area contributed by atoms with E-state index in [1.54, 1.807) is 18.3 Å². The first-order valence-corrected chi connectivity index (χ1v) is 7.96. The Labute approximate surface area is 135 Å². The molecule has 2 aromatic rings. The minimum absolute atomic E-state index is 0.144. The first-order valence-electron chi connectivity index (χ1n) is 7.96. The van der Waals surface area contributed by atoms with E-state index in [4.69, 9.17) is 0 Å². The Morgan fingerprint density at radius 1 is 1.13 bits per heavy atom. The molecule has 0 saturated heterocycles. The van der Waals surface area contributed by atoms with Crippen molar-refractivity contribution in [2.75, 3.05) is 10.6 Å². The van der Waals surface area contributed by atoms with E-state index in [-0.39, 0.29) is 18.1 Å². The van der Waals surface area contributed by atoms with Gasteiger partial charge in [0.25, 0.3) is 0 Å². The van der Waals surface area contributed by atoms with Crippen molar-refractivity contribution in [2.45, 2.75) is 38.1 Å². The van der Waals surface area contributed by atoms with E-state index in [0.717, 1.165) is 11.4 Å². The first kappa shape index (κ1) is 15.5. The quantitative estimate of drug-likeness (QED) is 0.884. The van der Waals surface area contributed by atoms with E-state index in [1.165, 1.54) is 37.8 Å². The largest absolute Gasteiger partial charge is 0.367 e. The maximum atomic E-state index is 12.8. The van der Waals surface area contributed by atoms with E-state index in [0.29, 0.717) is 11.7 Å². The number of amides is 1. The highest BCUT2D eigenvalue weighted by Crippen LogP contribution is 2.21. The molecule has 1 saturated carbocycles. The molecular weight excluding hydrogens is 293 g/mol. The van der Waals surface area contributed by atoms with Gasteiger partial charge in [-0.15, -0.1) is 0 Å². The molecule has 0 spiro atoms. The van der Waals surface area contributed by atoms with Gasteiger partial charge in [0.15, 0.2) is 0 Å². The zero-order valence-corrected chi connectivity index (χ0v) is 12.9. The maximum Gasteiger partial charge on any atom is 0.228 e. The molecule has 23 heavy (non-hydrogen) atoms. The van der Waals surface area contributed by atoms with Crippen LogP contribution in [0.25, 0.3) is 0 Å². The fourth-order valence-electron chi connectivity index (χ4n) is 2.83. The Bertz CT molecular complexity index is 649. The third kappa shape index (κ3) is 4.52. The lowest BCUT2D eigenvalue weighted by molar-refractivity contribution is -0.115. The van der Waals surface area contributed by atoms with E-state index in [2.05, 4.69) is 15.6 Å². The molecule has 3 rings (SSSR count). The number of carbonyl (C=O) groups is 1. The molecule has 5 heteroatoms. The van der Waals surface area contributed by atoms with Crippen LogP contribution in [-0.2, 0) is 11.2 Å². The Morgan fingerprint density at radius 2 is 1.87 bits per heavy atom. The van der Waals surface area contributed by atoms with Crippen molar-refractivity contribution in [3.05, 3.63) is 54.0 Å². The summed E-state index contributed by atoms with van der Waals surface area (Å²) in [4.78, 5) is 16.3. The predicted octanol–water partition coefficient (Wildman–Crippen LogP) is 3.76. The Kier molecular flexibility index (Phi) is 4.86. The number of hydrogen-bond acceptors (Lipinski definition) is 3. The van der Waals surface area contributed by atoms with Gasteiger partial charge in [-0.1, -0.05) is 25.0 Å². The van der Waals surface area contributed by atoms with Crippen LogP contribution in [0.1, 0.15) is 31.2 Å². The van der Waals surface area contributed by atoms with Crippen molar-refractivity contribution in [1.82, 2.24) is 4.98 Å². The predicted molar refractivity (Wildman–Crippen MR) is 88.8 cm³/mol. The van der Waals surface area contributed by atoms with Gasteiger partial charge in [0.05, 0.1) is 18.3 Å². The monoisotopic (exact) mass is 313 g/mol. The van der Waals surface area contributed by atoms with E-state index >= 15 is 0 Å². The van der Waals surface area contributed by atoms with Gasteiger partial charge in [-0.2, -0.15) is 0 Å². The topological polar surface area (TPSA) is 54.0 Å². The van der Waals surface area contributed by atoms with Gasteiger partial charge in [0.2, 0.25) is 5.91 Å². The standard InChI is InChI=1S/C18H20FN3O/c19-14-7-5-13(6-8-14)11-18(23)22-16-9-10-17(20-12-16)21-15-3-1-2-4-15/h5-10,12,15H,1-4,11H2,(H,20,21)(H,22,23). The van der Waals surface area contributed by atoms with Crippen LogP contribution in [0.4, 0.5) is 15.9 Å². The number of benzene rings is 1. The number of hydrogen-bond donors (Lipinski definition) is 2. The minimum Gasteiger partial charge on any atom is -0.367 e. The van der Waals surface area contributed by atoms with Gasteiger partial charge < -0.3 is 10.6 Å². The van der Waals surface area contributed by atoms with E-state index in [9.17, 15) is 9.18 Å². The van der Waals surface area contributed by atoms with Crippen LogP contribution in [0.5, 0.6) is 0 Å². The number of rotatable bonds is 5. The molecule has 1 aliphatic rings. The summed E-state index contributed by atoms with van der Waals surface area (Å²) in [7, 11) is 0. The number of anilines is 2. The van der Waals surface area contributed by atoms with Gasteiger partial charge in [-0.25, -0.2) is 9.37 Å². The smallest absolute Gasteiger partial charge is 0.228 e. The van der Waals surface area contributed by atoms with E-state index < -0.39 is 0 Å². The Hall–Kier alpha value is -2.43. The molecule has 120 valence electrons. The summed E-state index contributed by atoms with van der Waals surface area (Å²) in [6.07, 6.45) is 6.79. The van der Waals surface area contributed by atoms with Gasteiger partial charge in [-0.05, 0) is 42.7 Å². The lowest BCUT2D eigenvalue weighted by Gasteiger charge is -2.13. The van der Waals surface area contributed by atoms with Crippen molar-refractivity contribution in [1.29, 1.82) is 0 Å². The van der Waals surface area contributed by atoms with Crippen LogP contribution in [0, 0.1) is 5.82 Å². The average molecular weight is 313 g/mol. The first-order chi connectivity index (χ1) is 11.2. The molecule has 1 aliphatic carbocycles. The number of carbonyl (C=O) groups excluding carboxylic acids is 1. The number of nitrogens with zero attached hydrogens (tertiary/aromatic N) is 1. The number of pyridine rings is 1. The highest BCUT2D eigenvalue weighted by atomic mass is 19.1. The second-order valence-electron chi connectivity index (χ2n) is 5.91. The molecule has 2 N–H and O–H groups in total. The van der Waals surface area contributed by atoms with Crippen molar-refractivity contribution in [2.24, 2.45) is 0 Å². The molecule has 1 fully saturated rings. The third-order valence-corrected chi connectivity index (χ3v) is 4.03. The molecule has 1 heterocycles. The van der Waals surface area contributed by atoms with Crippen LogP contribution in [0.3, 0.4) is 0 Å². The molecule has 0 radical (unpaired) electrons. The molecule has 0 bridgehead atoms. The fourth-order valence-corrected chi connectivity index (χ4v) is 2.83. The summed E-state index contributed by atoms with van der Waals surface area (Å²) >= 11 is 0. The van der Waals surface area contributed by atoms with Crippen LogP contribution in [0.15, 0.2) is 42.6 Å². The summed E-state index contributed by atoms with van der Waals surface area (Å²) in [6.45, 7) is 0. The number of nitrogens with one attached hydrogen (secondary N) is 2. The van der Waals surface area contributed by atoms with Gasteiger partial charge in [-0.3, -0.25) is 4.79 Å². The van der Waals surface area contributed by atoms with Crippen LogP contribution < -0.4 is 10.6 Å². The third-order valence-electron chi connectivity index (χ3n) is 4.03. The summed E-state index contributed by atoms with van der Waals surface area (Å²) in [5.41, 5.74) is 1.44. The summed E-state index contributed by atoms with van der Waals surface area (Å²) < 4.78 is 12.8. The Morgan fingerprint density at radius 3 is 2.52 bits per heavy atom. The van der Waals surface area contributed by atoms with E-state index in [1.807, 2.05) is 12.1 Å². The summed E-state index contributed by atoms with van der Waals surface area (Å²) in [5.74, 6) is 0.395. The van der Waals surface area contributed by atoms with Gasteiger partial charge >= 0.3 is 0 Å². The van der Waals surface area contributed by atoms with Crippen molar-refractivity contribution < 1.29 is 9.18 Å². The van der Waals surface area contributed by atoms with Crippen LogP contribution >= 0.6 is 0 Å². The minimum atomic E-state index is -0.302. The molecule has 1 amide bonds. The second kappa shape index (κ2) is 7.22. The number of halogens is 1. The number of aromatic nitrogens is 1. The molecule has 1 aromatic heterocycles. The highest BCUT2D eigenvalue weighted by molar-refractivity contribution is 5.92. The summed E-state index contributed by atoms with van der Waals surface area (Å²) in [5, 5.41) is 6.21. The van der Waals surface area contributed by atoms with Crippen LogP contribution in [0.2, 0.25) is 0 Å². The zero-order chi connectivity index (χ0) is 16.1. The fraction of sp³-hybridized carbons (Fsp3) is 0.333. The molecule has 0 unspecified atom stereocenters. The molecule has 0 atom stereocenters. The normalized spacial score (nSPS) is 14.7. The average Bonchev–Trinajstić information content (AvgIpc) is 3.04. The van der Waals surface area contributed by atoms with Gasteiger partial charge in [0.1, 0.15) is 11.6 Å². The highest BCUT2D eigenvalue weighted by Gasteiger charge is 2.14. The van der Waals surface area contributed by atoms with Crippen molar-refractivity contribution in [3.8, 4) is 0 Å². The lowest BCUT2D eigenvalue weighted by Crippen LogP contribution is -2.16. The van der Waals surface area contributed by atoms with Gasteiger partial charge in [0, 0.05) is 6.04 Å². The Balaban J connectivity index is 1.52. The molecule has 4 nitrogen and oxygen atoms in total. The molecule has 0 aliphatic heterocycles. The van der Waals surface area contributed by atoms with Crippen molar-refractivity contribution in [3.63, 3.8) is 0 Å². The van der Waals surface area contributed by atoms with Crippen LogP contribution in [-0.4, -0.2) is 16.9 Å². The molecule has 1 aromatic carbocycles. The maximum absolute atomic E-state index is 12.8. The second-order valence-corrected chi connectivity index (χ2v) is 5.91. The zero-order valence-electron chi connectivity index (χ0n) is 12.9. The SMILES string of the molecule is O=C(Cc1ccc(F)cc1)Nc1ccc(NC2CCCC2)nc1. The molecular formula is C18H20FN3O. The summed E-state index contributed by atoms with van der Waals surface area (Å²) in [6, 6.07) is 10.2.